The van der Waals surface area contributed by atoms with Crippen molar-refractivity contribution in [3.05, 3.63) is 42.7 Å². The van der Waals surface area contributed by atoms with Crippen LogP contribution in [0.2, 0.25) is 0 Å². The number of nitrogens with one attached hydrogen (secondary N) is 1. The molecule has 1 atom stereocenters. The van der Waals surface area contributed by atoms with E-state index < -0.39 is 6.10 Å². The number of rotatable bonds is 4. The Morgan fingerprint density at radius 2 is 1.77 bits per heavy atom. The standard InChI is InChI=1S/C19H21N3O4/c23-18(17-12-24-15-4-1-2-5-16(15)26-17)22-13-6-8-14(9-7-13)25-19-20-10-3-11-21-19/h1-5,10-11,13-14,17H,6-9,12H2,(H,22,23)/t13?,14?,17-/m1/s1. The van der Waals surface area contributed by atoms with Gasteiger partial charge in [-0.3, -0.25) is 4.79 Å². The van der Waals surface area contributed by atoms with E-state index in [9.17, 15) is 4.79 Å². The smallest absolute Gasteiger partial charge is 0.316 e. The van der Waals surface area contributed by atoms with Gasteiger partial charge in [0.15, 0.2) is 11.5 Å². The third-order valence-electron chi connectivity index (χ3n) is 4.64. The Labute approximate surface area is 151 Å². The number of benzene rings is 1. The third-order valence-corrected chi connectivity index (χ3v) is 4.64. The molecule has 1 aliphatic heterocycles. The maximum atomic E-state index is 12.5. The van der Waals surface area contributed by atoms with Gasteiger partial charge in [0.1, 0.15) is 12.7 Å². The summed E-state index contributed by atoms with van der Waals surface area (Å²) in [5, 5.41) is 3.07. The topological polar surface area (TPSA) is 82.6 Å². The van der Waals surface area contributed by atoms with E-state index in [1.807, 2.05) is 24.3 Å². The number of amides is 1. The predicted octanol–water partition coefficient (Wildman–Crippen LogP) is 2.12. The van der Waals surface area contributed by atoms with Gasteiger partial charge in [-0.05, 0) is 43.9 Å². The van der Waals surface area contributed by atoms with Crippen LogP contribution < -0.4 is 19.5 Å². The summed E-state index contributed by atoms with van der Waals surface area (Å²) in [5.74, 6) is 1.16. The fourth-order valence-corrected chi connectivity index (χ4v) is 3.26. The molecule has 7 nitrogen and oxygen atoms in total. The second-order valence-corrected chi connectivity index (χ2v) is 6.50. The second kappa shape index (κ2) is 7.59. The van der Waals surface area contributed by atoms with E-state index in [-0.39, 0.29) is 24.7 Å². The summed E-state index contributed by atoms with van der Waals surface area (Å²) in [6.07, 6.45) is 6.23. The number of aromatic nitrogens is 2. The average molecular weight is 355 g/mol. The van der Waals surface area contributed by atoms with E-state index in [1.54, 1.807) is 18.5 Å². The predicted molar refractivity (Wildman–Crippen MR) is 93.2 cm³/mol. The summed E-state index contributed by atoms with van der Waals surface area (Å²) >= 11 is 0. The first-order valence-electron chi connectivity index (χ1n) is 8.90. The van der Waals surface area contributed by atoms with Crippen LogP contribution in [0.15, 0.2) is 42.7 Å². The molecule has 2 heterocycles. The summed E-state index contributed by atoms with van der Waals surface area (Å²) in [6.45, 7) is 0.229. The molecule has 0 spiro atoms. The fourth-order valence-electron chi connectivity index (χ4n) is 3.26. The van der Waals surface area contributed by atoms with Gasteiger partial charge in [-0.2, -0.15) is 0 Å². The van der Waals surface area contributed by atoms with Crippen molar-refractivity contribution in [1.29, 1.82) is 0 Å². The third kappa shape index (κ3) is 3.87. The number of ether oxygens (including phenoxy) is 3. The number of fused-ring (bicyclic) bond motifs is 1. The van der Waals surface area contributed by atoms with Crippen molar-refractivity contribution in [1.82, 2.24) is 15.3 Å². The molecule has 7 heteroatoms. The van der Waals surface area contributed by atoms with Gasteiger partial charge in [-0.1, -0.05) is 12.1 Å². The van der Waals surface area contributed by atoms with Gasteiger partial charge in [0.2, 0.25) is 6.10 Å². The van der Waals surface area contributed by atoms with E-state index >= 15 is 0 Å². The Balaban J connectivity index is 1.25. The zero-order chi connectivity index (χ0) is 17.8. The van der Waals surface area contributed by atoms with E-state index in [1.165, 1.54) is 0 Å². The van der Waals surface area contributed by atoms with Gasteiger partial charge >= 0.3 is 6.01 Å². The highest BCUT2D eigenvalue weighted by atomic mass is 16.6. The molecule has 2 aromatic rings. The number of nitrogens with zero attached hydrogens (tertiary/aromatic N) is 2. The van der Waals surface area contributed by atoms with Gasteiger partial charge < -0.3 is 19.5 Å². The number of carbonyl (C=O) groups excluding carboxylic acids is 1. The fraction of sp³-hybridized carbons (Fsp3) is 0.421. The molecule has 0 saturated heterocycles. The Kier molecular flexibility index (Phi) is 4.86. The Morgan fingerprint density at radius 1 is 1.04 bits per heavy atom. The van der Waals surface area contributed by atoms with Gasteiger partial charge in [-0.15, -0.1) is 0 Å². The molecule has 1 aromatic heterocycles. The Morgan fingerprint density at radius 3 is 2.54 bits per heavy atom. The first-order valence-corrected chi connectivity index (χ1v) is 8.90. The van der Waals surface area contributed by atoms with Crippen molar-refractivity contribution < 1.29 is 19.0 Å². The van der Waals surface area contributed by atoms with Crippen LogP contribution in [0.5, 0.6) is 17.5 Å². The number of hydrogen-bond donors (Lipinski definition) is 1. The lowest BCUT2D eigenvalue weighted by Crippen LogP contribution is -2.49. The van der Waals surface area contributed by atoms with Gasteiger partial charge in [0, 0.05) is 18.4 Å². The van der Waals surface area contributed by atoms with Crippen LogP contribution >= 0.6 is 0 Å². The molecule has 1 amide bonds. The van der Waals surface area contributed by atoms with Gasteiger partial charge in [0.25, 0.3) is 5.91 Å². The summed E-state index contributed by atoms with van der Waals surface area (Å²) < 4.78 is 17.2. The molecule has 4 rings (SSSR count). The lowest BCUT2D eigenvalue weighted by molar-refractivity contribution is -0.131. The largest absolute Gasteiger partial charge is 0.485 e. The summed E-state index contributed by atoms with van der Waals surface area (Å²) in [4.78, 5) is 20.7. The van der Waals surface area contributed by atoms with Crippen molar-refractivity contribution in [2.75, 3.05) is 6.61 Å². The minimum Gasteiger partial charge on any atom is -0.485 e. The van der Waals surface area contributed by atoms with Crippen LogP contribution in [-0.4, -0.2) is 40.7 Å². The maximum absolute atomic E-state index is 12.5. The minimum absolute atomic E-state index is 0.0895. The summed E-state index contributed by atoms with van der Waals surface area (Å²) in [7, 11) is 0. The van der Waals surface area contributed by atoms with E-state index in [0.717, 1.165) is 25.7 Å². The quantitative estimate of drug-likeness (QED) is 0.905. The highest BCUT2D eigenvalue weighted by Crippen LogP contribution is 2.31. The van der Waals surface area contributed by atoms with Crippen LogP contribution in [-0.2, 0) is 4.79 Å². The molecule has 0 bridgehead atoms. The minimum atomic E-state index is -0.614. The molecule has 1 fully saturated rings. The molecule has 1 N–H and O–H groups in total. The van der Waals surface area contributed by atoms with Crippen molar-refractivity contribution >= 4 is 5.91 Å². The van der Waals surface area contributed by atoms with Crippen LogP contribution in [0.3, 0.4) is 0 Å². The zero-order valence-corrected chi connectivity index (χ0v) is 14.3. The molecule has 1 saturated carbocycles. The molecule has 0 radical (unpaired) electrons. The van der Waals surface area contributed by atoms with E-state index in [4.69, 9.17) is 14.2 Å². The molecular weight excluding hydrogens is 334 g/mol. The summed E-state index contributed by atoms with van der Waals surface area (Å²) in [6, 6.07) is 9.68. The van der Waals surface area contributed by atoms with Crippen molar-refractivity contribution in [3.8, 4) is 17.5 Å². The first-order chi connectivity index (χ1) is 12.8. The van der Waals surface area contributed by atoms with Crippen molar-refractivity contribution in [3.63, 3.8) is 0 Å². The molecular formula is C19H21N3O4. The summed E-state index contributed by atoms with van der Waals surface area (Å²) in [5.41, 5.74) is 0. The molecule has 136 valence electrons. The van der Waals surface area contributed by atoms with Crippen molar-refractivity contribution in [2.24, 2.45) is 0 Å². The monoisotopic (exact) mass is 355 g/mol. The zero-order valence-electron chi connectivity index (χ0n) is 14.3. The Hall–Kier alpha value is -2.83. The lowest BCUT2D eigenvalue weighted by atomic mass is 9.93. The molecule has 0 unspecified atom stereocenters. The first kappa shape index (κ1) is 16.6. The number of para-hydroxylation sites is 2. The normalized spacial score (nSPS) is 24.5. The molecule has 1 aromatic carbocycles. The highest BCUT2D eigenvalue weighted by molar-refractivity contribution is 5.82. The average Bonchev–Trinajstić information content (AvgIpc) is 2.70. The molecule has 2 aliphatic rings. The highest BCUT2D eigenvalue weighted by Gasteiger charge is 2.30. The molecule has 1 aliphatic carbocycles. The molecule has 26 heavy (non-hydrogen) atoms. The van der Waals surface area contributed by atoms with Crippen LogP contribution in [0.1, 0.15) is 25.7 Å². The number of hydrogen-bond acceptors (Lipinski definition) is 6. The van der Waals surface area contributed by atoms with Gasteiger partial charge in [0.05, 0.1) is 0 Å². The van der Waals surface area contributed by atoms with E-state index in [2.05, 4.69) is 15.3 Å². The van der Waals surface area contributed by atoms with Gasteiger partial charge in [-0.25, -0.2) is 9.97 Å². The van der Waals surface area contributed by atoms with Crippen molar-refractivity contribution in [2.45, 2.75) is 43.9 Å². The van der Waals surface area contributed by atoms with Crippen LogP contribution in [0.25, 0.3) is 0 Å². The van der Waals surface area contributed by atoms with Crippen LogP contribution in [0, 0.1) is 0 Å². The Bertz CT molecular complexity index is 747. The lowest BCUT2D eigenvalue weighted by Gasteiger charge is -2.31. The second-order valence-electron chi connectivity index (χ2n) is 6.50. The van der Waals surface area contributed by atoms with Crippen LogP contribution in [0.4, 0.5) is 0 Å². The number of carbonyl (C=O) groups is 1. The maximum Gasteiger partial charge on any atom is 0.316 e. The SMILES string of the molecule is O=C(NC1CCC(Oc2ncccn2)CC1)[C@H]1COc2ccccc2O1. The van der Waals surface area contributed by atoms with E-state index in [0.29, 0.717) is 17.5 Å².